The number of imidazole rings is 1. The predicted molar refractivity (Wildman–Crippen MR) is 95.8 cm³/mol. The molecule has 0 saturated carbocycles. The molecule has 1 aromatic carbocycles. The number of aliphatic hydroxyl groups is 1. The van der Waals surface area contributed by atoms with Crippen molar-refractivity contribution in [3.63, 3.8) is 0 Å². The number of aromatic amines is 1. The van der Waals surface area contributed by atoms with Gasteiger partial charge < -0.3 is 14.6 Å². The minimum atomic E-state index is -0.669. The molecule has 2 aromatic heterocycles. The van der Waals surface area contributed by atoms with Gasteiger partial charge in [-0.05, 0) is 12.5 Å². The number of nitrogens with zero attached hydrogens (tertiary/aromatic N) is 4. The van der Waals surface area contributed by atoms with Crippen LogP contribution in [0.25, 0.3) is 11.2 Å². The first kappa shape index (κ1) is 17.0. The van der Waals surface area contributed by atoms with Gasteiger partial charge in [0.15, 0.2) is 11.2 Å². The van der Waals surface area contributed by atoms with E-state index in [-0.39, 0.29) is 12.1 Å². The third kappa shape index (κ3) is 3.20. The lowest BCUT2D eigenvalue weighted by Gasteiger charge is -2.20. The summed E-state index contributed by atoms with van der Waals surface area (Å²) >= 11 is 0. The van der Waals surface area contributed by atoms with Gasteiger partial charge in [-0.25, -0.2) is 4.79 Å². The van der Waals surface area contributed by atoms with E-state index in [2.05, 4.69) is 9.97 Å². The van der Waals surface area contributed by atoms with Crippen LogP contribution < -0.4 is 16.1 Å². The Morgan fingerprint density at radius 2 is 1.96 bits per heavy atom. The number of aryl methyl sites for hydroxylation is 1. The molecule has 132 valence electrons. The normalized spacial score (nSPS) is 12.5. The van der Waals surface area contributed by atoms with Gasteiger partial charge in [0.25, 0.3) is 5.56 Å². The standard InChI is InChI=1S/C17H21N5O3/c1-11(23)9-22-13-14(21(3)17(25)19-15(13)24)18-16(22)20(2)10-12-7-5-4-6-8-12/h4-8,11,23H,9-10H2,1-3H3,(H,19,24,25)/t11-/m0/s1. The Hall–Kier alpha value is -2.87. The van der Waals surface area contributed by atoms with Crippen LogP contribution in [0.5, 0.6) is 0 Å². The fourth-order valence-corrected chi connectivity index (χ4v) is 2.88. The van der Waals surface area contributed by atoms with Crippen LogP contribution in [-0.2, 0) is 20.1 Å². The first-order valence-electron chi connectivity index (χ1n) is 8.01. The van der Waals surface area contributed by atoms with Crippen LogP contribution in [0.3, 0.4) is 0 Å². The molecule has 0 bridgehead atoms. The van der Waals surface area contributed by atoms with Gasteiger partial charge in [-0.3, -0.25) is 14.3 Å². The van der Waals surface area contributed by atoms with Gasteiger partial charge in [-0.15, -0.1) is 0 Å². The zero-order valence-corrected chi connectivity index (χ0v) is 14.4. The molecule has 2 heterocycles. The van der Waals surface area contributed by atoms with Crippen molar-refractivity contribution >= 4 is 17.1 Å². The van der Waals surface area contributed by atoms with E-state index < -0.39 is 17.4 Å². The van der Waals surface area contributed by atoms with Crippen LogP contribution in [0, 0.1) is 0 Å². The first-order valence-corrected chi connectivity index (χ1v) is 8.01. The Labute approximate surface area is 144 Å². The lowest BCUT2D eigenvalue weighted by molar-refractivity contribution is 0.175. The summed E-state index contributed by atoms with van der Waals surface area (Å²) in [5.41, 5.74) is 0.632. The highest BCUT2D eigenvalue weighted by Crippen LogP contribution is 2.20. The van der Waals surface area contributed by atoms with Crippen LogP contribution in [0.15, 0.2) is 39.9 Å². The van der Waals surface area contributed by atoms with Crippen molar-refractivity contribution in [1.29, 1.82) is 0 Å². The Morgan fingerprint density at radius 3 is 2.60 bits per heavy atom. The van der Waals surface area contributed by atoms with E-state index in [9.17, 15) is 14.7 Å². The van der Waals surface area contributed by atoms with Gasteiger partial charge in [0.2, 0.25) is 5.95 Å². The molecule has 0 aliphatic carbocycles. The Balaban J connectivity index is 2.16. The highest BCUT2D eigenvalue weighted by Gasteiger charge is 2.20. The fraction of sp³-hybridized carbons (Fsp3) is 0.353. The van der Waals surface area contributed by atoms with Crippen molar-refractivity contribution in [3.8, 4) is 0 Å². The molecule has 0 radical (unpaired) electrons. The molecule has 0 aliphatic rings. The van der Waals surface area contributed by atoms with Gasteiger partial charge >= 0.3 is 5.69 Å². The fourth-order valence-electron chi connectivity index (χ4n) is 2.88. The molecule has 1 atom stereocenters. The summed E-state index contributed by atoms with van der Waals surface area (Å²) in [6, 6.07) is 9.86. The summed E-state index contributed by atoms with van der Waals surface area (Å²) < 4.78 is 2.95. The van der Waals surface area contributed by atoms with E-state index in [0.29, 0.717) is 18.1 Å². The van der Waals surface area contributed by atoms with Crippen LogP contribution in [-0.4, -0.2) is 37.4 Å². The number of hydrogen-bond donors (Lipinski definition) is 2. The van der Waals surface area contributed by atoms with Crippen molar-refractivity contribution in [3.05, 3.63) is 56.7 Å². The van der Waals surface area contributed by atoms with E-state index >= 15 is 0 Å². The van der Waals surface area contributed by atoms with Crippen molar-refractivity contribution in [2.45, 2.75) is 26.1 Å². The molecule has 0 spiro atoms. The third-order valence-corrected chi connectivity index (χ3v) is 4.04. The van der Waals surface area contributed by atoms with Crippen molar-refractivity contribution in [1.82, 2.24) is 19.1 Å². The van der Waals surface area contributed by atoms with Crippen molar-refractivity contribution in [2.75, 3.05) is 11.9 Å². The lowest BCUT2D eigenvalue weighted by atomic mass is 10.2. The van der Waals surface area contributed by atoms with E-state index in [0.717, 1.165) is 5.56 Å². The van der Waals surface area contributed by atoms with E-state index in [4.69, 9.17) is 0 Å². The molecule has 0 unspecified atom stereocenters. The van der Waals surface area contributed by atoms with Gasteiger partial charge in [-0.1, -0.05) is 30.3 Å². The molecular weight excluding hydrogens is 322 g/mol. The average molecular weight is 343 g/mol. The second-order valence-corrected chi connectivity index (χ2v) is 6.20. The number of anilines is 1. The molecule has 0 saturated heterocycles. The maximum Gasteiger partial charge on any atom is 0.329 e. The summed E-state index contributed by atoms with van der Waals surface area (Å²) in [5, 5.41) is 9.85. The molecule has 3 rings (SSSR count). The van der Waals surface area contributed by atoms with Crippen LogP contribution in [0.1, 0.15) is 12.5 Å². The number of aliphatic hydroxyl groups excluding tert-OH is 1. The van der Waals surface area contributed by atoms with E-state index in [1.165, 1.54) is 4.57 Å². The average Bonchev–Trinajstić information content (AvgIpc) is 2.93. The van der Waals surface area contributed by atoms with Crippen LogP contribution in [0.4, 0.5) is 5.95 Å². The monoisotopic (exact) mass is 343 g/mol. The zero-order valence-electron chi connectivity index (χ0n) is 14.4. The summed E-state index contributed by atoms with van der Waals surface area (Å²) in [6.45, 7) is 2.42. The summed E-state index contributed by atoms with van der Waals surface area (Å²) in [7, 11) is 3.42. The smallest absolute Gasteiger partial charge is 0.329 e. The highest BCUT2D eigenvalue weighted by atomic mass is 16.3. The van der Waals surface area contributed by atoms with Gasteiger partial charge in [-0.2, -0.15) is 4.98 Å². The molecule has 3 aromatic rings. The van der Waals surface area contributed by atoms with Crippen molar-refractivity contribution < 1.29 is 5.11 Å². The summed E-state index contributed by atoms with van der Waals surface area (Å²) in [6.07, 6.45) is -0.669. The number of fused-ring (bicyclic) bond motifs is 1. The summed E-state index contributed by atoms with van der Waals surface area (Å²) in [5.74, 6) is 0.520. The zero-order chi connectivity index (χ0) is 18.1. The molecule has 0 aliphatic heterocycles. The quantitative estimate of drug-likeness (QED) is 0.701. The SMILES string of the molecule is C[C@H](O)Cn1c(N(C)Cc2ccccc2)nc2c1c(=O)[nH]c(=O)n2C. The van der Waals surface area contributed by atoms with E-state index in [1.54, 1.807) is 18.5 Å². The number of H-pyrrole nitrogens is 1. The Morgan fingerprint density at radius 1 is 1.28 bits per heavy atom. The molecule has 2 N–H and O–H groups in total. The minimum absolute atomic E-state index is 0.201. The number of nitrogens with one attached hydrogen (secondary N) is 1. The largest absolute Gasteiger partial charge is 0.392 e. The topological polar surface area (TPSA) is 96.2 Å². The third-order valence-electron chi connectivity index (χ3n) is 4.04. The molecule has 8 nitrogen and oxygen atoms in total. The first-order chi connectivity index (χ1) is 11.9. The molecular formula is C17H21N5O3. The highest BCUT2D eigenvalue weighted by molar-refractivity contribution is 5.74. The number of hydrogen-bond acceptors (Lipinski definition) is 5. The van der Waals surface area contributed by atoms with Gasteiger partial charge in [0, 0.05) is 20.6 Å². The maximum atomic E-state index is 12.3. The number of benzene rings is 1. The maximum absolute atomic E-state index is 12.3. The van der Waals surface area contributed by atoms with Crippen LogP contribution >= 0.6 is 0 Å². The minimum Gasteiger partial charge on any atom is -0.392 e. The second-order valence-electron chi connectivity index (χ2n) is 6.20. The molecule has 25 heavy (non-hydrogen) atoms. The molecule has 0 fully saturated rings. The van der Waals surface area contributed by atoms with Gasteiger partial charge in [0.1, 0.15) is 0 Å². The van der Waals surface area contributed by atoms with Crippen molar-refractivity contribution in [2.24, 2.45) is 7.05 Å². The Bertz CT molecular complexity index is 1000. The molecule has 8 heteroatoms. The second kappa shape index (κ2) is 6.56. The van der Waals surface area contributed by atoms with Crippen LogP contribution in [0.2, 0.25) is 0 Å². The van der Waals surface area contributed by atoms with Gasteiger partial charge in [0.05, 0.1) is 12.6 Å². The Kier molecular flexibility index (Phi) is 4.45. The number of rotatable bonds is 5. The summed E-state index contributed by atoms with van der Waals surface area (Å²) in [4.78, 5) is 32.9. The lowest BCUT2D eigenvalue weighted by Crippen LogP contribution is -2.30. The predicted octanol–water partition coefficient (Wildman–Crippen LogP) is 0.440. The number of aromatic nitrogens is 4. The molecule has 0 amide bonds. The van der Waals surface area contributed by atoms with E-state index in [1.807, 2.05) is 42.3 Å².